The van der Waals surface area contributed by atoms with E-state index in [2.05, 4.69) is 31.1 Å². The molecule has 1 N–H and O–H groups in total. The molecule has 4 heteroatoms. The molecule has 17 heavy (non-hydrogen) atoms. The van der Waals surface area contributed by atoms with Crippen molar-refractivity contribution in [3.63, 3.8) is 0 Å². The molecule has 0 fully saturated rings. The number of rotatable bonds is 5. The van der Waals surface area contributed by atoms with E-state index >= 15 is 0 Å². The molecule has 0 spiro atoms. The van der Waals surface area contributed by atoms with Gasteiger partial charge in [-0.2, -0.15) is 0 Å². The van der Waals surface area contributed by atoms with E-state index in [0.29, 0.717) is 12.3 Å². The first-order chi connectivity index (χ1) is 7.98. The molecule has 0 radical (unpaired) electrons. The third-order valence-corrected chi connectivity index (χ3v) is 2.31. The third-order valence-electron chi connectivity index (χ3n) is 2.31. The minimum absolute atomic E-state index is 0.256. The second-order valence-electron chi connectivity index (χ2n) is 5.16. The fraction of sp³-hybridized carbons (Fsp3) is 0.615. The number of hydrogen-bond donors (Lipinski definition) is 1. The molecule has 0 aliphatic rings. The van der Waals surface area contributed by atoms with Gasteiger partial charge in [-0.1, -0.05) is 20.8 Å². The standard InChI is InChI=1S/C13H22N2O2/c1-13(2,3)9-14-8-10-12(17-5)11(16-4)6-7-15-10/h6-7,14H,8-9H2,1-5H3. The number of nitrogens with one attached hydrogen (secondary N) is 1. The summed E-state index contributed by atoms with van der Waals surface area (Å²) < 4.78 is 10.6. The van der Waals surface area contributed by atoms with Crippen LogP contribution in [0.3, 0.4) is 0 Å². The Labute approximate surface area is 103 Å². The molecular weight excluding hydrogens is 216 g/mol. The topological polar surface area (TPSA) is 43.4 Å². The van der Waals surface area contributed by atoms with Crippen molar-refractivity contribution >= 4 is 0 Å². The van der Waals surface area contributed by atoms with E-state index < -0.39 is 0 Å². The first-order valence-electron chi connectivity index (χ1n) is 5.74. The summed E-state index contributed by atoms with van der Waals surface area (Å²) >= 11 is 0. The molecule has 0 unspecified atom stereocenters. The van der Waals surface area contributed by atoms with Crippen LogP contribution in [-0.2, 0) is 6.54 Å². The summed E-state index contributed by atoms with van der Waals surface area (Å²) in [6, 6.07) is 1.80. The van der Waals surface area contributed by atoms with Crippen molar-refractivity contribution < 1.29 is 9.47 Å². The van der Waals surface area contributed by atoms with Gasteiger partial charge in [-0.3, -0.25) is 4.98 Å². The molecular formula is C13H22N2O2. The van der Waals surface area contributed by atoms with Crippen LogP contribution in [-0.4, -0.2) is 25.7 Å². The second kappa shape index (κ2) is 5.87. The first kappa shape index (κ1) is 13.8. The molecule has 0 amide bonds. The van der Waals surface area contributed by atoms with Gasteiger partial charge in [-0.25, -0.2) is 0 Å². The smallest absolute Gasteiger partial charge is 0.183 e. The second-order valence-corrected chi connectivity index (χ2v) is 5.16. The summed E-state index contributed by atoms with van der Waals surface area (Å²) in [4.78, 5) is 4.31. The molecule has 0 saturated heterocycles. The van der Waals surface area contributed by atoms with Crippen molar-refractivity contribution in [3.8, 4) is 11.5 Å². The molecule has 0 aliphatic heterocycles. The van der Waals surface area contributed by atoms with Crippen molar-refractivity contribution in [2.24, 2.45) is 5.41 Å². The molecule has 0 bridgehead atoms. The van der Waals surface area contributed by atoms with Crippen molar-refractivity contribution in [1.82, 2.24) is 10.3 Å². The molecule has 0 aromatic carbocycles. The highest BCUT2D eigenvalue weighted by atomic mass is 16.5. The zero-order valence-electron chi connectivity index (χ0n) is 11.3. The zero-order valence-corrected chi connectivity index (χ0v) is 11.3. The number of aromatic nitrogens is 1. The normalized spacial score (nSPS) is 11.4. The van der Waals surface area contributed by atoms with E-state index in [1.807, 2.05) is 0 Å². The molecule has 0 saturated carbocycles. The van der Waals surface area contributed by atoms with Crippen LogP contribution in [0.15, 0.2) is 12.3 Å². The highest BCUT2D eigenvalue weighted by Gasteiger charge is 2.13. The van der Waals surface area contributed by atoms with Gasteiger partial charge in [0.15, 0.2) is 11.5 Å². The number of ether oxygens (including phenoxy) is 2. The van der Waals surface area contributed by atoms with Crippen LogP contribution >= 0.6 is 0 Å². The average Bonchev–Trinajstić information content (AvgIpc) is 2.27. The van der Waals surface area contributed by atoms with Gasteiger partial charge in [0, 0.05) is 25.4 Å². The zero-order chi connectivity index (χ0) is 12.9. The monoisotopic (exact) mass is 238 g/mol. The lowest BCUT2D eigenvalue weighted by molar-refractivity contribution is 0.343. The summed E-state index contributed by atoms with van der Waals surface area (Å²) in [6.45, 7) is 8.18. The summed E-state index contributed by atoms with van der Waals surface area (Å²) in [5.74, 6) is 1.42. The van der Waals surface area contributed by atoms with E-state index in [0.717, 1.165) is 18.0 Å². The predicted molar refractivity (Wildman–Crippen MR) is 68.5 cm³/mol. The lowest BCUT2D eigenvalue weighted by atomic mass is 9.97. The van der Waals surface area contributed by atoms with Crippen LogP contribution in [0, 0.1) is 5.41 Å². The quantitative estimate of drug-likeness (QED) is 0.854. The molecule has 4 nitrogen and oxygen atoms in total. The summed E-state index contributed by atoms with van der Waals surface area (Å²) in [5.41, 5.74) is 1.13. The molecule has 96 valence electrons. The van der Waals surface area contributed by atoms with Crippen LogP contribution in [0.1, 0.15) is 26.5 Å². The Balaban J connectivity index is 2.70. The molecule has 1 aromatic rings. The van der Waals surface area contributed by atoms with Crippen molar-refractivity contribution in [3.05, 3.63) is 18.0 Å². The SMILES string of the molecule is COc1ccnc(CNCC(C)(C)C)c1OC. The lowest BCUT2D eigenvalue weighted by Gasteiger charge is -2.19. The maximum Gasteiger partial charge on any atom is 0.183 e. The van der Waals surface area contributed by atoms with Gasteiger partial charge >= 0.3 is 0 Å². The Bertz CT molecular complexity index is 359. The van der Waals surface area contributed by atoms with E-state index in [-0.39, 0.29) is 5.41 Å². The fourth-order valence-corrected chi connectivity index (χ4v) is 1.53. The minimum atomic E-state index is 0.256. The Morgan fingerprint density at radius 3 is 2.47 bits per heavy atom. The summed E-state index contributed by atoms with van der Waals surface area (Å²) in [5, 5.41) is 3.37. The highest BCUT2D eigenvalue weighted by Crippen LogP contribution is 2.28. The van der Waals surface area contributed by atoms with Crippen LogP contribution < -0.4 is 14.8 Å². The van der Waals surface area contributed by atoms with Crippen LogP contribution in [0.25, 0.3) is 0 Å². The van der Waals surface area contributed by atoms with Crippen molar-refractivity contribution in [1.29, 1.82) is 0 Å². The molecule has 0 aliphatic carbocycles. The maximum absolute atomic E-state index is 5.32. The predicted octanol–water partition coefficient (Wildman–Crippen LogP) is 2.23. The maximum atomic E-state index is 5.32. The Morgan fingerprint density at radius 2 is 1.94 bits per heavy atom. The van der Waals surface area contributed by atoms with E-state index in [1.165, 1.54) is 0 Å². The number of nitrogens with zero attached hydrogens (tertiary/aromatic N) is 1. The number of hydrogen-bond acceptors (Lipinski definition) is 4. The lowest BCUT2D eigenvalue weighted by Crippen LogP contribution is -2.26. The van der Waals surface area contributed by atoms with Gasteiger partial charge in [0.05, 0.1) is 19.9 Å². The van der Waals surface area contributed by atoms with E-state index in [1.54, 1.807) is 26.5 Å². The van der Waals surface area contributed by atoms with Gasteiger partial charge in [-0.15, -0.1) is 0 Å². The average molecular weight is 238 g/mol. The Kier molecular flexibility index (Phi) is 4.75. The Morgan fingerprint density at radius 1 is 1.24 bits per heavy atom. The van der Waals surface area contributed by atoms with Crippen molar-refractivity contribution in [2.75, 3.05) is 20.8 Å². The molecule has 1 rings (SSSR count). The fourth-order valence-electron chi connectivity index (χ4n) is 1.53. The van der Waals surface area contributed by atoms with Gasteiger partial charge in [0.1, 0.15) is 0 Å². The first-order valence-corrected chi connectivity index (χ1v) is 5.74. The van der Waals surface area contributed by atoms with E-state index in [4.69, 9.17) is 9.47 Å². The van der Waals surface area contributed by atoms with Crippen LogP contribution in [0.2, 0.25) is 0 Å². The van der Waals surface area contributed by atoms with Crippen LogP contribution in [0.5, 0.6) is 11.5 Å². The van der Waals surface area contributed by atoms with E-state index in [9.17, 15) is 0 Å². The summed E-state index contributed by atoms with van der Waals surface area (Å²) in [6.07, 6.45) is 1.73. The molecule has 1 aromatic heterocycles. The molecule has 0 atom stereocenters. The number of methoxy groups -OCH3 is 2. The third kappa shape index (κ3) is 4.23. The van der Waals surface area contributed by atoms with Gasteiger partial charge < -0.3 is 14.8 Å². The Hall–Kier alpha value is -1.29. The van der Waals surface area contributed by atoms with Gasteiger partial charge in [0.25, 0.3) is 0 Å². The van der Waals surface area contributed by atoms with Crippen LogP contribution in [0.4, 0.5) is 0 Å². The highest BCUT2D eigenvalue weighted by molar-refractivity contribution is 5.42. The molecule has 1 heterocycles. The van der Waals surface area contributed by atoms with Gasteiger partial charge in [0.2, 0.25) is 0 Å². The van der Waals surface area contributed by atoms with Gasteiger partial charge in [-0.05, 0) is 5.41 Å². The van der Waals surface area contributed by atoms with Crippen molar-refractivity contribution in [2.45, 2.75) is 27.3 Å². The largest absolute Gasteiger partial charge is 0.493 e. The minimum Gasteiger partial charge on any atom is -0.493 e. The summed E-state index contributed by atoms with van der Waals surface area (Å²) in [7, 11) is 3.26. The number of pyridine rings is 1.